The van der Waals surface area contributed by atoms with E-state index in [-0.39, 0.29) is 11.9 Å². The van der Waals surface area contributed by atoms with Crippen molar-refractivity contribution in [3.05, 3.63) is 0 Å². The van der Waals surface area contributed by atoms with E-state index in [1.54, 1.807) is 0 Å². The molecule has 14 heavy (non-hydrogen) atoms. The molecule has 4 heteroatoms. The van der Waals surface area contributed by atoms with Gasteiger partial charge in [-0.2, -0.15) is 0 Å². The van der Waals surface area contributed by atoms with Crippen LogP contribution in [0.2, 0.25) is 0 Å². The normalized spacial score (nSPS) is 30.1. The largest absolute Gasteiger partial charge is 0.323 e. The molecule has 2 heterocycles. The average molecular weight is 197 g/mol. The van der Waals surface area contributed by atoms with Gasteiger partial charge < -0.3 is 4.90 Å². The van der Waals surface area contributed by atoms with Gasteiger partial charge in [0.05, 0.1) is 18.8 Å². The zero-order valence-corrected chi connectivity index (χ0v) is 9.16. The maximum atomic E-state index is 11.7. The highest BCUT2D eigenvalue weighted by atomic mass is 16.2. The van der Waals surface area contributed by atoms with Crippen molar-refractivity contribution in [1.29, 1.82) is 0 Å². The first-order valence-electron chi connectivity index (χ1n) is 5.37. The summed E-state index contributed by atoms with van der Waals surface area (Å²) < 4.78 is 0. The molecule has 0 radical (unpaired) electrons. The number of nitrogens with one attached hydrogen (secondary N) is 1. The second-order valence-electron chi connectivity index (χ2n) is 4.59. The van der Waals surface area contributed by atoms with Crippen molar-refractivity contribution >= 4 is 5.91 Å². The van der Waals surface area contributed by atoms with Crippen molar-refractivity contribution in [2.24, 2.45) is 0 Å². The van der Waals surface area contributed by atoms with Gasteiger partial charge in [0.25, 0.3) is 0 Å². The Morgan fingerprint density at radius 3 is 2.50 bits per heavy atom. The summed E-state index contributed by atoms with van der Waals surface area (Å²) in [5.74, 6) is 0.262. The van der Waals surface area contributed by atoms with Gasteiger partial charge in [0.15, 0.2) is 0 Å². The Morgan fingerprint density at radius 2 is 2.07 bits per heavy atom. The topological polar surface area (TPSA) is 35.6 Å². The third-order valence-corrected chi connectivity index (χ3v) is 3.28. The lowest BCUT2D eigenvalue weighted by Crippen LogP contribution is -2.61. The number of nitrogens with zero attached hydrogens (tertiary/aromatic N) is 2. The summed E-state index contributed by atoms with van der Waals surface area (Å²) in [5.41, 5.74) is 0. The molecular formula is C10H19N3O. The second-order valence-corrected chi connectivity index (χ2v) is 4.59. The molecule has 80 valence electrons. The molecule has 2 aliphatic heterocycles. The van der Waals surface area contributed by atoms with Crippen LogP contribution in [0.4, 0.5) is 0 Å². The molecule has 1 amide bonds. The van der Waals surface area contributed by atoms with Crippen LogP contribution in [0.15, 0.2) is 0 Å². The molecule has 2 saturated heterocycles. The van der Waals surface area contributed by atoms with Crippen LogP contribution in [-0.2, 0) is 4.79 Å². The lowest BCUT2D eigenvalue weighted by atomic mass is 10.1. The molecule has 0 bridgehead atoms. The molecule has 4 nitrogen and oxygen atoms in total. The molecule has 0 aromatic heterocycles. The van der Waals surface area contributed by atoms with Gasteiger partial charge in [0.2, 0.25) is 5.91 Å². The summed E-state index contributed by atoms with van der Waals surface area (Å²) in [6.07, 6.45) is 0. The smallest absolute Gasteiger partial charge is 0.240 e. The van der Waals surface area contributed by atoms with Gasteiger partial charge in [-0.25, -0.2) is 0 Å². The summed E-state index contributed by atoms with van der Waals surface area (Å²) in [5, 5.41) is 3.17. The Balaban J connectivity index is 1.85. The van der Waals surface area contributed by atoms with Gasteiger partial charge in [-0.15, -0.1) is 0 Å². The van der Waals surface area contributed by atoms with Crippen LogP contribution in [0.3, 0.4) is 0 Å². The van der Waals surface area contributed by atoms with Crippen molar-refractivity contribution in [3.63, 3.8) is 0 Å². The first-order chi connectivity index (χ1) is 6.59. The third-order valence-electron chi connectivity index (χ3n) is 3.28. The van der Waals surface area contributed by atoms with E-state index < -0.39 is 0 Å². The van der Waals surface area contributed by atoms with Gasteiger partial charge in [0.1, 0.15) is 0 Å². The van der Waals surface area contributed by atoms with Gasteiger partial charge in [-0.05, 0) is 20.8 Å². The molecule has 1 N–H and O–H groups in total. The summed E-state index contributed by atoms with van der Waals surface area (Å²) in [4.78, 5) is 16.0. The van der Waals surface area contributed by atoms with E-state index in [4.69, 9.17) is 0 Å². The van der Waals surface area contributed by atoms with Gasteiger partial charge in [-0.1, -0.05) is 0 Å². The first kappa shape index (κ1) is 9.93. The van der Waals surface area contributed by atoms with Gasteiger partial charge >= 0.3 is 0 Å². The van der Waals surface area contributed by atoms with Crippen molar-refractivity contribution in [2.45, 2.75) is 38.9 Å². The lowest BCUT2D eigenvalue weighted by molar-refractivity contribution is -0.134. The lowest BCUT2D eigenvalue weighted by Gasteiger charge is -2.45. The van der Waals surface area contributed by atoms with Crippen LogP contribution < -0.4 is 5.32 Å². The average Bonchev–Trinajstić information content (AvgIpc) is 2.32. The first-order valence-corrected chi connectivity index (χ1v) is 5.37. The zero-order valence-electron chi connectivity index (χ0n) is 9.16. The summed E-state index contributed by atoms with van der Waals surface area (Å²) in [6, 6.07) is 1.07. The van der Waals surface area contributed by atoms with E-state index in [0.717, 1.165) is 19.8 Å². The van der Waals surface area contributed by atoms with Crippen LogP contribution in [0.1, 0.15) is 20.8 Å². The number of hydrogen-bond donors (Lipinski definition) is 1. The summed E-state index contributed by atoms with van der Waals surface area (Å²) in [7, 11) is 0. The third kappa shape index (κ3) is 1.53. The molecule has 0 aromatic carbocycles. The van der Waals surface area contributed by atoms with E-state index in [9.17, 15) is 4.79 Å². The minimum absolute atomic E-state index is 0.0168. The van der Waals surface area contributed by atoms with Gasteiger partial charge in [0, 0.05) is 19.1 Å². The minimum atomic E-state index is 0.0168. The van der Waals surface area contributed by atoms with Crippen LogP contribution in [0.5, 0.6) is 0 Å². The Morgan fingerprint density at radius 1 is 1.43 bits per heavy atom. The zero-order chi connectivity index (χ0) is 10.3. The Kier molecular flexibility index (Phi) is 2.49. The standard InChI is InChI=1S/C10H19N3O/c1-7(2)12-4-9(5-12)13-6-11-8(3)10(13)14/h7-9,11H,4-6H2,1-3H3. The highest BCUT2D eigenvalue weighted by Gasteiger charge is 2.39. The molecule has 0 aliphatic carbocycles. The van der Waals surface area contributed by atoms with Crippen molar-refractivity contribution in [2.75, 3.05) is 19.8 Å². The molecule has 0 aromatic rings. The Bertz CT molecular complexity index is 236. The molecule has 2 rings (SSSR count). The molecular weight excluding hydrogens is 178 g/mol. The SMILES string of the molecule is CC1NCN(C2CN(C(C)C)C2)C1=O. The van der Waals surface area contributed by atoms with Crippen LogP contribution in [0.25, 0.3) is 0 Å². The van der Waals surface area contributed by atoms with E-state index in [2.05, 4.69) is 24.1 Å². The molecule has 0 spiro atoms. The maximum absolute atomic E-state index is 11.7. The quantitative estimate of drug-likeness (QED) is 0.669. The number of likely N-dealkylation sites (tertiary alicyclic amines) is 1. The van der Waals surface area contributed by atoms with Crippen LogP contribution >= 0.6 is 0 Å². The second kappa shape index (κ2) is 3.51. The summed E-state index contributed by atoms with van der Waals surface area (Å²) >= 11 is 0. The highest BCUT2D eigenvalue weighted by Crippen LogP contribution is 2.19. The number of amides is 1. The fourth-order valence-corrected chi connectivity index (χ4v) is 2.06. The molecule has 2 fully saturated rings. The van der Waals surface area contributed by atoms with Crippen molar-refractivity contribution in [3.8, 4) is 0 Å². The van der Waals surface area contributed by atoms with Crippen LogP contribution in [-0.4, -0.2) is 53.6 Å². The van der Waals surface area contributed by atoms with Gasteiger partial charge in [-0.3, -0.25) is 15.0 Å². The molecule has 1 atom stereocenters. The van der Waals surface area contributed by atoms with E-state index in [1.165, 1.54) is 0 Å². The Labute approximate surface area is 85.2 Å². The monoisotopic (exact) mass is 197 g/mol. The fraction of sp³-hybridized carbons (Fsp3) is 0.900. The molecule has 2 aliphatic rings. The minimum Gasteiger partial charge on any atom is -0.323 e. The van der Waals surface area contributed by atoms with E-state index in [1.807, 2.05) is 11.8 Å². The predicted molar refractivity (Wildman–Crippen MR) is 54.8 cm³/mol. The Hall–Kier alpha value is -0.610. The molecule has 0 saturated carbocycles. The van der Waals surface area contributed by atoms with E-state index in [0.29, 0.717) is 12.1 Å². The molecule has 1 unspecified atom stereocenters. The van der Waals surface area contributed by atoms with Crippen molar-refractivity contribution < 1.29 is 4.79 Å². The number of hydrogen-bond acceptors (Lipinski definition) is 3. The number of carbonyl (C=O) groups is 1. The highest BCUT2D eigenvalue weighted by molar-refractivity contribution is 5.83. The number of rotatable bonds is 2. The maximum Gasteiger partial charge on any atom is 0.240 e. The number of carbonyl (C=O) groups excluding carboxylic acids is 1. The van der Waals surface area contributed by atoms with Crippen molar-refractivity contribution in [1.82, 2.24) is 15.1 Å². The van der Waals surface area contributed by atoms with Crippen LogP contribution in [0, 0.1) is 0 Å². The fourth-order valence-electron chi connectivity index (χ4n) is 2.06. The van der Waals surface area contributed by atoms with E-state index >= 15 is 0 Å². The summed E-state index contributed by atoms with van der Waals surface area (Å²) in [6.45, 7) is 9.14. The predicted octanol–water partition coefficient (Wildman–Crippen LogP) is -0.143.